The van der Waals surface area contributed by atoms with Gasteiger partial charge < -0.3 is 14.3 Å². The summed E-state index contributed by atoms with van der Waals surface area (Å²) >= 11 is 0. The van der Waals surface area contributed by atoms with E-state index in [4.69, 9.17) is 14.3 Å². The molecule has 0 radical (unpaired) electrons. The van der Waals surface area contributed by atoms with Gasteiger partial charge >= 0.3 is 5.97 Å². The number of fused-ring (bicyclic) bond motifs is 1. The van der Waals surface area contributed by atoms with Crippen LogP contribution in [0.5, 0.6) is 0 Å². The second-order valence-electron chi connectivity index (χ2n) is 3.72. The summed E-state index contributed by atoms with van der Waals surface area (Å²) in [5, 5.41) is 9.42. The molecule has 90 valence electrons. The number of halogens is 1. The highest BCUT2D eigenvalue weighted by atomic mass is 19.1. The Morgan fingerprint density at radius 3 is 2.82 bits per heavy atom. The molecule has 0 atom stereocenters. The first-order valence-electron chi connectivity index (χ1n) is 4.99. The van der Waals surface area contributed by atoms with Crippen molar-refractivity contribution in [3.05, 3.63) is 34.8 Å². The normalized spacial score (nSPS) is 11.0. The lowest BCUT2D eigenvalue weighted by Gasteiger charge is -1.98. The van der Waals surface area contributed by atoms with Crippen molar-refractivity contribution in [2.75, 3.05) is 7.11 Å². The van der Waals surface area contributed by atoms with Gasteiger partial charge in [0, 0.05) is 18.1 Å². The van der Waals surface area contributed by atoms with E-state index in [1.165, 1.54) is 7.11 Å². The van der Waals surface area contributed by atoms with Gasteiger partial charge in [-0.2, -0.15) is 0 Å². The monoisotopic (exact) mass is 238 g/mol. The van der Waals surface area contributed by atoms with Crippen molar-refractivity contribution in [2.24, 2.45) is 0 Å². The zero-order valence-corrected chi connectivity index (χ0v) is 9.41. The number of carboxylic acids is 1. The lowest BCUT2D eigenvalue weighted by molar-refractivity contribution is 0.0658. The maximum Gasteiger partial charge on any atom is 0.372 e. The van der Waals surface area contributed by atoms with Crippen molar-refractivity contribution in [2.45, 2.75) is 13.5 Å². The van der Waals surface area contributed by atoms with Gasteiger partial charge in [-0.3, -0.25) is 0 Å². The standard InChI is InChI=1S/C12H11FO4/c1-6-3-4-7-8(5-16-2)11(12(14)15)17-10(7)9(6)13/h3-4H,5H2,1-2H3,(H,14,15). The fraction of sp³-hybridized carbons (Fsp3) is 0.250. The third-order valence-corrected chi connectivity index (χ3v) is 2.58. The van der Waals surface area contributed by atoms with Crippen molar-refractivity contribution in [1.82, 2.24) is 0 Å². The van der Waals surface area contributed by atoms with Gasteiger partial charge in [-0.25, -0.2) is 9.18 Å². The Bertz CT molecular complexity index is 586. The van der Waals surface area contributed by atoms with Crippen molar-refractivity contribution in [1.29, 1.82) is 0 Å². The Balaban J connectivity index is 2.79. The van der Waals surface area contributed by atoms with Crippen molar-refractivity contribution in [3.63, 3.8) is 0 Å². The lowest BCUT2D eigenvalue weighted by Crippen LogP contribution is -1.99. The van der Waals surface area contributed by atoms with Crippen LogP contribution in [0.1, 0.15) is 21.7 Å². The third-order valence-electron chi connectivity index (χ3n) is 2.58. The maximum atomic E-state index is 13.8. The highest BCUT2D eigenvalue weighted by Crippen LogP contribution is 2.30. The third kappa shape index (κ3) is 1.78. The Morgan fingerprint density at radius 2 is 2.24 bits per heavy atom. The molecule has 0 bridgehead atoms. The molecule has 1 aromatic heterocycles. The highest BCUT2D eigenvalue weighted by Gasteiger charge is 2.22. The molecule has 0 amide bonds. The van der Waals surface area contributed by atoms with Gasteiger partial charge in [-0.15, -0.1) is 0 Å². The van der Waals surface area contributed by atoms with Gasteiger partial charge in [0.1, 0.15) is 0 Å². The zero-order chi connectivity index (χ0) is 12.6. The molecular formula is C12H11FO4. The molecule has 0 saturated heterocycles. The molecule has 5 heteroatoms. The van der Waals surface area contributed by atoms with Crippen LogP contribution in [0.2, 0.25) is 0 Å². The molecule has 2 aromatic rings. The molecular weight excluding hydrogens is 227 g/mol. The van der Waals surface area contributed by atoms with Crippen LogP contribution in [-0.4, -0.2) is 18.2 Å². The number of furan rings is 1. The number of carbonyl (C=O) groups is 1. The summed E-state index contributed by atoms with van der Waals surface area (Å²) in [7, 11) is 1.44. The summed E-state index contributed by atoms with van der Waals surface area (Å²) in [4.78, 5) is 11.0. The molecule has 1 aromatic carbocycles. The SMILES string of the molecule is COCc1c(C(=O)O)oc2c(F)c(C)ccc12. The van der Waals surface area contributed by atoms with E-state index in [0.29, 0.717) is 16.5 Å². The number of rotatable bonds is 3. The summed E-state index contributed by atoms with van der Waals surface area (Å²) in [6.07, 6.45) is 0. The zero-order valence-electron chi connectivity index (χ0n) is 9.41. The topological polar surface area (TPSA) is 59.7 Å². The van der Waals surface area contributed by atoms with Crippen LogP contribution in [0.4, 0.5) is 4.39 Å². The molecule has 4 nitrogen and oxygen atoms in total. The summed E-state index contributed by atoms with van der Waals surface area (Å²) in [6, 6.07) is 3.22. The molecule has 0 aliphatic rings. The summed E-state index contributed by atoms with van der Waals surface area (Å²) in [5.74, 6) is -2.04. The van der Waals surface area contributed by atoms with Crippen LogP contribution in [0, 0.1) is 12.7 Å². The van der Waals surface area contributed by atoms with E-state index in [2.05, 4.69) is 0 Å². The number of hydrogen-bond donors (Lipinski definition) is 1. The number of methoxy groups -OCH3 is 1. The van der Waals surface area contributed by atoms with Gasteiger partial charge in [0.05, 0.1) is 6.61 Å². The molecule has 17 heavy (non-hydrogen) atoms. The highest BCUT2D eigenvalue weighted by molar-refractivity contribution is 5.95. The molecule has 0 spiro atoms. The molecule has 1 heterocycles. The second kappa shape index (κ2) is 4.18. The fourth-order valence-electron chi connectivity index (χ4n) is 1.74. The number of aryl methyl sites for hydroxylation is 1. The number of ether oxygens (including phenoxy) is 1. The van der Waals surface area contributed by atoms with E-state index in [9.17, 15) is 9.18 Å². The Labute approximate surface area is 96.6 Å². The van der Waals surface area contributed by atoms with E-state index in [1.54, 1.807) is 19.1 Å². The van der Waals surface area contributed by atoms with E-state index in [-0.39, 0.29) is 18.0 Å². The Kier molecular flexibility index (Phi) is 2.85. The van der Waals surface area contributed by atoms with Crippen LogP contribution < -0.4 is 0 Å². The van der Waals surface area contributed by atoms with Gasteiger partial charge in [-0.05, 0) is 12.5 Å². The van der Waals surface area contributed by atoms with Gasteiger partial charge in [0.25, 0.3) is 0 Å². The van der Waals surface area contributed by atoms with Crippen molar-refractivity contribution < 1.29 is 23.4 Å². The second-order valence-corrected chi connectivity index (χ2v) is 3.72. The molecule has 1 N–H and O–H groups in total. The molecule has 0 aliphatic carbocycles. The van der Waals surface area contributed by atoms with Crippen LogP contribution in [0.3, 0.4) is 0 Å². The molecule has 0 saturated carbocycles. The van der Waals surface area contributed by atoms with Crippen LogP contribution in [0.15, 0.2) is 16.5 Å². The molecule has 0 unspecified atom stereocenters. The number of carboxylic acid groups (broad SMARTS) is 1. The quantitative estimate of drug-likeness (QED) is 0.893. The number of benzene rings is 1. The first-order valence-corrected chi connectivity index (χ1v) is 4.99. The Morgan fingerprint density at radius 1 is 1.53 bits per heavy atom. The largest absolute Gasteiger partial charge is 0.475 e. The minimum Gasteiger partial charge on any atom is -0.475 e. The summed E-state index contributed by atoms with van der Waals surface area (Å²) in [5.41, 5.74) is 0.732. The van der Waals surface area contributed by atoms with E-state index < -0.39 is 11.8 Å². The maximum absolute atomic E-state index is 13.8. The van der Waals surface area contributed by atoms with Crippen LogP contribution in [-0.2, 0) is 11.3 Å². The Hall–Kier alpha value is -1.88. The van der Waals surface area contributed by atoms with Gasteiger partial charge in [0.15, 0.2) is 11.4 Å². The fourth-order valence-corrected chi connectivity index (χ4v) is 1.74. The first-order chi connectivity index (χ1) is 8.06. The van der Waals surface area contributed by atoms with Crippen molar-refractivity contribution in [3.8, 4) is 0 Å². The lowest BCUT2D eigenvalue weighted by atomic mass is 10.1. The molecule has 0 fully saturated rings. The molecule has 2 rings (SSSR count). The minimum atomic E-state index is -1.23. The summed E-state index contributed by atoms with van der Waals surface area (Å²) in [6.45, 7) is 1.66. The number of hydrogen-bond acceptors (Lipinski definition) is 3. The van der Waals surface area contributed by atoms with Crippen LogP contribution >= 0.6 is 0 Å². The van der Waals surface area contributed by atoms with Gasteiger partial charge in [0.2, 0.25) is 5.76 Å². The average molecular weight is 238 g/mol. The summed E-state index contributed by atoms with van der Waals surface area (Å²) < 4.78 is 23.7. The van der Waals surface area contributed by atoms with E-state index in [1.807, 2.05) is 0 Å². The van der Waals surface area contributed by atoms with E-state index in [0.717, 1.165) is 0 Å². The van der Waals surface area contributed by atoms with E-state index >= 15 is 0 Å². The predicted molar refractivity (Wildman–Crippen MR) is 58.6 cm³/mol. The first kappa shape index (κ1) is 11.6. The minimum absolute atomic E-state index is 0.0329. The number of aromatic carboxylic acids is 1. The smallest absolute Gasteiger partial charge is 0.372 e. The van der Waals surface area contributed by atoms with Crippen LogP contribution in [0.25, 0.3) is 11.0 Å². The predicted octanol–water partition coefficient (Wildman–Crippen LogP) is 2.72. The molecule has 0 aliphatic heterocycles. The van der Waals surface area contributed by atoms with Gasteiger partial charge in [-0.1, -0.05) is 12.1 Å². The average Bonchev–Trinajstić information content (AvgIpc) is 2.64. The van der Waals surface area contributed by atoms with Crippen molar-refractivity contribution >= 4 is 16.9 Å².